The van der Waals surface area contributed by atoms with Crippen LogP contribution in [0.1, 0.15) is 16.8 Å². The summed E-state index contributed by atoms with van der Waals surface area (Å²) in [5.74, 6) is -0.102. The van der Waals surface area contributed by atoms with Crippen LogP contribution in [0.25, 0.3) is 0 Å². The van der Waals surface area contributed by atoms with Crippen molar-refractivity contribution in [1.82, 2.24) is 0 Å². The van der Waals surface area contributed by atoms with Crippen LogP contribution >= 0.6 is 0 Å². The molecule has 0 saturated carbocycles. The molecule has 1 aromatic rings. The molecule has 0 amide bonds. The summed E-state index contributed by atoms with van der Waals surface area (Å²) in [5.41, 5.74) is 0.373. The highest BCUT2D eigenvalue weighted by atomic mass is 16.8. The molecule has 0 aromatic heterocycles. The number of hydrogen-bond donors (Lipinski definition) is 0. The SMILES string of the molecule is COC(=O)c1ccc(OC(=O)OC2CO[C@H]3OCC[C@@H]23)cc1. The first-order chi connectivity index (χ1) is 10.7. The van der Waals surface area contributed by atoms with Crippen molar-refractivity contribution in [1.29, 1.82) is 0 Å². The Labute approximate surface area is 127 Å². The van der Waals surface area contributed by atoms with E-state index in [0.717, 1.165) is 6.42 Å². The molecule has 3 rings (SSSR count). The Morgan fingerprint density at radius 1 is 1.18 bits per heavy atom. The molecule has 7 nitrogen and oxygen atoms in total. The number of methoxy groups -OCH3 is 1. The van der Waals surface area contributed by atoms with E-state index >= 15 is 0 Å². The molecule has 2 fully saturated rings. The minimum Gasteiger partial charge on any atom is -0.465 e. The average Bonchev–Trinajstić information content (AvgIpc) is 3.12. The zero-order valence-electron chi connectivity index (χ0n) is 12.0. The molecule has 2 heterocycles. The summed E-state index contributed by atoms with van der Waals surface area (Å²) in [6, 6.07) is 6.02. The Hall–Kier alpha value is -2.12. The van der Waals surface area contributed by atoms with Gasteiger partial charge in [0.25, 0.3) is 0 Å². The van der Waals surface area contributed by atoms with Crippen molar-refractivity contribution in [3.8, 4) is 5.75 Å². The molecule has 0 radical (unpaired) electrons. The molecule has 2 saturated heterocycles. The predicted octanol–water partition coefficient (Wildman–Crippen LogP) is 1.75. The quantitative estimate of drug-likeness (QED) is 0.621. The van der Waals surface area contributed by atoms with Crippen LogP contribution in [0.2, 0.25) is 0 Å². The lowest BCUT2D eigenvalue weighted by Gasteiger charge is -2.15. The maximum Gasteiger partial charge on any atom is 0.514 e. The third kappa shape index (κ3) is 3.05. The van der Waals surface area contributed by atoms with Gasteiger partial charge in [-0.2, -0.15) is 0 Å². The normalized spacial score (nSPS) is 26.3. The van der Waals surface area contributed by atoms with Gasteiger partial charge in [0.05, 0.1) is 31.8 Å². The second-order valence-electron chi connectivity index (χ2n) is 5.05. The van der Waals surface area contributed by atoms with E-state index in [9.17, 15) is 9.59 Å². The fraction of sp³-hybridized carbons (Fsp3) is 0.467. The highest BCUT2D eigenvalue weighted by molar-refractivity contribution is 5.89. The fourth-order valence-corrected chi connectivity index (χ4v) is 2.57. The van der Waals surface area contributed by atoms with Crippen molar-refractivity contribution in [2.24, 2.45) is 5.92 Å². The van der Waals surface area contributed by atoms with Crippen molar-refractivity contribution >= 4 is 12.1 Å². The minimum atomic E-state index is -0.799. The molecule has 2 aliphatic heterocycles. The van der Waals surface area contributed by atoms with Crippen molar-refractivity contribution in [2.75, 3.05) is 20.3 Å². The Bertz CT molecular complexity index is 554. The highest BCUT2D eigenvalue weighted by Gasteiger charge is 2.44. The second kappa shape index (κ2) is 6.33. The van der Waals surface area contributed by atoms with Crippen LogP contribution in [0.5, 0.6) is 5.75 Å². The molecule has 118 valence electrons. The van der Waals surface area contributed by atoms with Gasteiger partial charge in [-0.15, -0.1) is 0 Å². The standard InChI is InChI=1S/C15H16O7/c1-18-13(16)9-2-4-10(5-3-9)21-15(17)22-12-8-20-14-11(12)6-7-19-14/h2-5,11-12,14H,6-8H2,1H3/t11-,12?,14+/m0/s1. The molecular formula is C15H16O7. The maximum atomic E-state index is 11.8. The average molecular weight is 308 g/mol. The third-order valence-electron chi connectivity index (χ3n) is 3.71. The fourth-order valence-electron chi connectivity index (χ4n) is 2.57. The number of hydrogen-bond acceptors (Lipinski definition) is 7. The minimum absolute atomic E-state index is 0.0641. The molecule has 7 heteroatoms. The summed E-state index contributed by atoms with van der Waals surface area (Å²) in [4.78, 5) is 23.1. The summed E-state index contributed by atoms with van der Waals surface area (Å²) < 4.78 is 25.7. The molecule has 0 bridgehead atoms. The first-order valence-electron chi connectivity index (χ1n) is 6.97. The van der Waals surface area contributed by atoms with Crippen LogP contribution in [0.3, 0.4) is 0 Å². The summed E-state index contributed by atoms with van der Waals surface area (Å²) in [6.45, 7) is 0.922. The highest BCUT2D eigenvalue weighted by Crippen LogP contribution is 2.33. The van der Waals surface area contributed by atoms with E-state index in [1.807, 2.05) is 0 Å². The van der Waals surface area contributed by atoms with Crippen molar-refractivity contribution in [2.45, 2.75) is 18.8 Å². The van der Waals surface area contributed by atoms with Crippen LogP contribution < -0.4 is 4.74 Å². The Morgan fingerprint density at radius 3 is 2.68 bits per heavy atom. The Balaban J connectivity index is 1.54. The van der Waals surface area contributed by atoms with Crippen LogP contribution in [-0.4, -0.2) is 44.8 Å². The summed E-state index contributed by atoms with van der Waals surface area (Å²) in [5, 5.41) is 0. The van der Waals surface area contributed by atoms with Gasteiger partial charge in [-0.05, 0) is 30.7 Å². The summed E-state index contributed by atoms with van der Waals surface area (Å²) in [6.07, 6.45) is -0.630. The van der Waals surface area contributed by atoms with E-state index < -0.39 is 12.1 Å². The summed E-state index contributed by atoms with van der Waals surface area (Å²) >= 11 is 0. The monoisotopic (exact) mass is 308 g/mol. The summed E-state index contributed by atoms with van der Waals surface area (Å²) in [7, 11) is 1.30. The van der Waals surface area contributed by atoms with E-state index in [0.29, 0.717) is 18.8 Å². The van der Waals surface area contributed by atoms with Gasteiger partial charge in [-0.3, -0.25) is 0 Å². The van der Waals surface area contributed by atoms with Crippen molar-refractivity contribution in [3.05, 3.63) is 29.8 Å². The lowest BCUT2D eigenvalue weighted by atomic mass is 10.0. The molecule has 1 unspecified atom stereocenters. The van der Waals surface area contributed by atoms with Gasteiger partial charge < -0.3 is 23.7 Å². The number of carbonyl (C=O) groups is 2. The van der Waals surface area contributed by atoms with E-state index in [1.165, 1.54) is 31.4 Å². The van der Waals surface area contributed by atoms with Crippen LogP contribution in [-0.2, 0) is 18.9 Å². The van der Waals surface area contributed by atoms with Gasteiger partial charge in [-0.25, -0.2) is 9.59 Å². The van der Waals surface area contributed by atoms with Gasteiger partial charge in [0.2, 0.25) is 0 Å². The molecule has 0 N–H and O–H groups in total. The van der Waals surface area contributed by atoms with Gasteiger partial charge in [0, 0.05) is 0 Å². The molecule has 1 aromatic carbocycles. The van der Waals surface area contributed by atoms with Gasteiger partial charge in [0.15, 0.2) is 6.29 Å². The Morgan fingerprint density at radius 2 is 1.95 bits per heavy atom. The van der Waals surface area contributed by atoms with Crippen molar-refractivity contribution in [3.63, 3.8) is 0 Å². The van der Waals surface area contributed by atoms with Gasteiger partial charge in [0.1, 0.15) is 11.9 Å². The second-order valence-corrected chi connectivity index (χ2v) is 5.05. The smallest absolute Gasteiger partial charge is 0.465 e. The first-order valence-corrected chi connectivity index (χ1v) is 6.97. The topological polar surface area (TPSA) is 80.3 Å². The van der Waals surface area contributed by atoms with Gasteiger partial charge in [-0.1, -0.05) is 0 Å². The molecule has 22 heavy (non-hydrogen) atoms. The van der Waals surface area contributed by atoms with Crippen LogP contribution in [0.15, 0.2) is 24.3 Å². The number of fused-ring (bicyclic) bond motifs is 1. The number of benzene rings is 1. The van der Waals surface area contributed by atoms with E-state index in [4.69, 9.17) is 18.9 Å². The van der Waals surface area contributed by atoms with Crippen LogP contribution in [0.4, 0.5) is 4.79 Å². The van der Waals surface area contributed by atoms with Gasteiger partial charge >= 0.3 is 12.1 Å². The third-order valence-corrected chi connectivity index (χ3v) is 3.71. The number of rotatable bonds is 3. The van der Waals surface area contributed by atoms with Crippen LogP contribution in [0, 0.1) is 5.92 Å². The lowest BCUT2D eigenvalue weighted by molar-refractivity contribution is -0.0907. The molecule has 0 spiro atoms. The molecular weight excluding hydrogens is 292 g/mol. The largest absolute Gasteiger partial charge is 0.514 e. The number of esters is 1. The lowest BCUT2D eigenvalue weighted by Crippen LogP contribution is -2.27. The van der Waals surface area contributed by atoms with Crippen molar-refractivity contribution < 1.29 is 33.3 Å². The zero-order chi connectivity index (χ0) is 15.5. The number of carbonyl (C=O) groups excluding carboxylic acids is 2. The maximum absolute atomic E-state index is 11.8. The number of ether oxygens (including phenoxy) is 5. The first kappa shape index (κ1) is 14.8. The molecule has 0 aliphatic carbocycles. The Kier molecular flexibility index (Phi) is 4.26. The molecule has 3 atom stereocenters. The van der Waals surface area contributed by atoms with E-state index in [2.05, 4.69) is 4.74 Å². The van der Waals surface area contributed by atoms with E-state index in [1.54, 1.807) is 0 Å². The zero-order valence-corrected chi connectivity index (χ0v) is 12.0. The van der Waals surface area contributed by atoms with E-state index in [-0.39, 0.29) is 24.1 Å². The predicted molar refractivity (Wildman–Crippen MR) is 72.5 cm³/mol. The molecule has 2 aliphatic rings.